The number of fused-ring (bicyclic) bond motifs is 1. The number of nitrogens with two attached hydrogens (primary N) is 1. The largest absolute Gasteiger partial charge is 0.496 e. The first-order valence-corrected chi connectivity index (χ1v) is 8.42. The van der Waals surface area contributed by atoms with Crippen LogP contribution >= 0.6 is 0 Å². The molecule has 1 aliphatic heterocycles. The van der Waals surface area contributed by atoms with Crippen molar-refractivity contribution in [3.63, 3.8) is 0 Å². The van der Waals surface area contributed by atoms with E-state index in [9.17, 15) is 4.39 Å². The fourth-order valence-electron chi connectivity index (χ4n) is 3.31. The van der Waals surface area contributed by atoms with Crippen molar-refractivity contribution in [2.75, 3.05) is 13.7 Å². The summed E-state index contributed by atoms with van der Waals surface area (Å²) in [5.74, 6) is 0.941. The van der Waals surface area contributed by atoms with Crippen LogP contribution in [0.1, 0.15) is 28.6 Å². The Hall–Kier alpha value is -2.77. The number of ether oxygens (including phenoxy) is 1. The van der Waals surface area contributed by atoms with Gasteiger partial charge in [-0.1, -0.05) is 23.4 Å². The van der Waals surface area contributed by atoms with Crippen LogP contribution in [0.5, 0.6) is 5.75 Å². The number of benzene rings is 2. The van der Waals surface area contributed by atoms with Gasteiger partial charge in [0, 0.05) is 17.7 Å². The third kappa shape index (κ3) is 2.95. The molecule has 0 saturated heterocycles. The minimum atomic E-state index is -0.602. The zero-order valence-electron chi connectivity index (χ0n) is 14.3. The fraction of sp³-hybridized carbons (Fsp3) is 0.263. The molecular weight excluding hydrogens is 335 g/mol. The molecule has 2 aromatic carbocycles. The van der Waals surface area contributed by atoms with Crippen LogP contribution in [-0.2, 0) is 13.0 Å². The van der Waals surface area contributed by atoms with Crippen molar-refractivity contribution in [2.24, 2.45) is 5.73 Å². The number of halogens is 1. The number of hydrogen-bond donors (Lipinski definition) is 2. The van der Waals surface area contributed by atoms with Crippen molar-refractivity contribution in [2.45, 2.75) is 19.0 Å². The number of hydrogen-bond acceptors (Lipinski definition) is 6. The molecule has 0 aliphatic carbocycles. The van der Waals surface area contributed by atoms with Gasteiger partial charge in [0.2, 0.25) is 0 Å². The minimum absolute atomic E-state index is 0.281. The highest BCUT2D eigenvalue weighted by atomic mass is 19.1. The Bertz CT molecular complexity index is 941. The van der Waals surface area contributed by atoms with Gasteiger partial charge in [0.15, 0.2) is 5.82 Å². The molecule has 0 saturated carbocycles. The van der Waals surface area contributed by atoms with Gasteiger partial charge >= 0.3 is 0 Å². The van der Waals surface area contributed by atoms with E-state index in [1.54, 1.807) is 13.2 Å². The number of aromatic nitrogens is 2. The van der Waals surface area contributed by atoms with Gasteiger partial charge in [0.1, 0.15) is 11.6 Å². The van der Waals surface area contributed by atoms with Gasteiger partial charge in [-0.3, -0.25) is 0 Å². The summed E-state index contributed by atoms with van der Waals surface area (Å²) in [5, 5.41) is 7.26. The highest BCUT2D eigenvalue weighted by Crippen LogP contribution is 2.31. The van der Waals surface area contributed by atoms with Gasteiger partial charge in [0.05, 0.1) is 13.2 Å². The Morgan fingerprint density at radius 1 is 1.31 bits per heavy atom. The number of methoxy groups -OCH3 is 1. The van der Waals surface area contributed by atoms with E-state index in [2.05, 4.69) is 15.5 Å². The number of nitrogens with one attached hydrogen (secondary N) is 1. The first-order valence-electron chi connectivity index (χ1n) is 8.42. The van der Waals surface area contributed by atoms with Crippen LogP contribution in [0.15, 0.2) is 40.9 Å². The van der Waals surface area contributed by atoms with E-state index in [1.807, 2.05) is 24.3 Å². The zero-order valence-corrected chi connectivity index (χ0v) is 14.3. The van der Waals surface area contributed by atoms with Crippen molar-refractivity contribution in [1.29, 1.82) is 0 Å². The Balaban J connectivity index is 1.72. The molecule has 0 fully saturated rings. The van der Waals surface area contributed by atoms with E-state index in [-0.39, 0.29) is 11.7 Å². The lowest BCUT2D eigenvalue weighted by atomic mass is 9.95. The van der Waals surface area contributed by atoms with Crippen molar-refractivity contribution >= 4 is 0 Å². The smallest absolute Gasteiger partial charge is 0.258 e. The lowest BCUT2D eigenvalue weighted by Gasteiger charge is -2.19. The van der Waals surface area contributed by atoms with Gasteiger partial charge in [-0.15, -0.1) is 0 Å². The molecule has 2 heterocycles. The fourth-order valence-corrected chi connectivity index (χ4v) is 3.31. The Kier molecular flexibility index (Phi) is 4.40. The summed E-state index contributed by atoms with van der Waals surface area (Å²) >= 11 is 0. The number of rotatable bonds is 4. The summed E-state index contributed by atoms with van der Waals surface area (Å²) in [5.41, 5.74) is 9.64. The van der Waals surface area contributed by atoms with Crippen molar-refractivity contribution in [1.82, 2.24) is 15.5 Å². The molecule has 1 aromatic heterocycles. The van der Waals surface area contributed by atoms with E-state index in [1.165, 1.54) is 6.07 Å². The normalized spacial score (nSPS) is 14.7. The van der Waals surface area contributed by atoms with Crippen LogP contribution in [-0.4, -0.2) is 23.8 Å². The maximum atomic E-state index is 14.0. The van der Waals surface area contributed by atoms with Crippen LogP contribution in [0, 0.1) is 5.82 Å². The molecule has 1 aliphatic rings. The molecule has 7 heteroatoms. The second-order valence-corrected chi connectivity index (χ2v) is 6.20. The van der Waals surface area contributed by atoms with E-state index in [0.717, 1.165) is 29.7 Å². The summed E-state index contributed by atoms with van der Waals surface area (Å²) in [7, 11) is 1.58. The molecule has 0 amide bonds. The quantitative estimate of drug-likeness (QED) is 0.749. The molecular formula is C19H19FN4O2. The molecule has 4 rings (SSSR count). The lowest BCUT2D eigenvalue weighted by Crippen LogP contribution is -2.24. The van der Waals surface area contributed by atoms with Gasteiger partial charge < -0.3 is 20.3 Å². The molecule has 1 unspecified atom stereocenters. The van der Waals surface area contributed by atoms with Crippen LogP contribution in [0.2, 0.25) is 0 Å². The summed E-state index contributed by atoms with van der Waals surface area (Å²) in [6.45, 7) is 1.45. The van der Waals surface area contributed by atoms with Crippen LogP contribution in [0.4, 0.5) is 4.39 Å². The number of nitrogens with zero attached hydrogens (tertiary/aromatic N) is 2. The summed E-state index contributed by atoms with van der Waals surface area (Å²) in [4.78, 5) is 4.44. The van der Waals surface area contributed by atoms with E-state index >= 15 is 0 Å². The minimum Gasteiger partial charge on any atom is -0.496 e. The standard InChI is InChI=1S/C19H19FN4O2/c1-25-16-5-3-2-4-14(16)17(21)18-23-19(26-24-18)15-9-12(20)8-11-10-22-7-6-13(11)15/h2-5,8-9,17,22H,6-7,10,21H2,1H3. The Morgan fingerprint density at radius 2 is 2.15 bits per heavy atom. The van der Waals surface area contributed by atoms with Crippen LogP contribution in [0.25, 0.3) is 11.5 Å². The summed E-state index contributed by atoms with van der Waals surface area (Å²) < 4.78 is 24.8. The van der Waals surface area contributed by atoms with Crippen molar-refractivity contribution in [3.8, 4) is 17.2 Å². The van der Waals surface area contributed by atoms with E-state index < -0.39 is 6.04 Å². The molecule has 0 spiro atoms. The Labute approximate surface area is 150 Å². The van der Waals surface area contributed by atoms with Crippen molar-refractivity contribution in [3.05, 3.63) is 64.7 Å². The third-order valence-electron chi connectivity index (χ3n) is 4.60. The third-order valence-corrected chi connectivity index (χ3v) is 4.60. The molecule has 6 nitrogen and oxygen atoms in total. The molecule has 26 heavy (non-hydrogen) atoms. The maximum Gasteiger partial charge on any atom is 0.258 e. The Morgan fingerprint density at radius 3 is 3.00 bits per heavy atom. The molecule has 0 radical (unpaired) electrons. The molecule has 3 aromatic rings. The highest BCUT2D eigenvalue weighted by Gasteiger charge is 2.23. The van der Waals surface area contributed by atoms with E-state index in [4.69, 9.17) is 15.0 Å². The number of para-hydroxylation sites is 1. The predicted octanol–water partition coefficient (Wildman–Crippen LogP) is 2.58. The zero-order chi connectivity index (χ0) is 18.1. The van der Waals surface area contributed by atoms with Crippen LogP contribution < -0.4 is 15.8 Å². The topological polar surface area (TPSA) is 86.2 Å². The first-order chi connectivity index (χ1) is 12.7. The van der Waals surface area contributed by atoms with Gasteiger partial charge in [-0.2, -0.15) is 4.98 Å². The SMILES string of the molecule is COc1ccccc1C(N)c1noc(-c2cc(F)cc3c2CCNC3)n1. The van der Waals surface area contributed by atoms with Gasteiger partial charge in [-0.05, 0) is 42.3 Å². The molecule has 134 valence electrons. The van der Waals surface area contributed by atoms with Crippen LogP contribution in [0.3, 0.4) is 0 Å². The van der Waals surface area contributed by atoms with Crippen molar-refractivity contribution < 1.29 is 13.7 Å². The van der Waals surface area contributed by atoms with Gasteiger partial charge in [-0.25, -0.2) is 4.39 Å². The summed E-state index contributed by atoms with van der Waals surface area (Å²) in [6.07, 6.45) is 0.779. The summed E-state index contributed by atoms with van der Waals surface area (Å²) in [6, 6.07) is 9.80. The molecule has 3 N–H and O–H groups in total. The monoisotopic (exact) mass is 354 g/mol. The maximum absolute atomic E-state index is 14.0. The lowest BCUT2D eigenvalue weighted by molar-refractivity contribution is 0.402. The molecule has 0 bridgehead atoms. The highest BCUT2D eigenvalue weighted by molar-refractivity contribution is 5.62. The van der Waals surface area contributed by atoms with E-state index in [0.29, 0.717) is 23.7 Å². The first kappa shape index (κ1) is 16.7. The molecule has 1 atom stereocenters. The average Bonchev–Trinajstić information content (AvgIpc) is 3.16. The average molecular weight is 354 g/mol. The van der Waals surface area contributed by atoms with Gasteiger partial charge in [0.25, 0.3) is 5.89 Å². The predicted molar refractivity (Wildman–Crippen MR) is 94.1 cm³/mol. The second-order valence-electron chi connectivity index (χ2n) is 6.20. The second kappa shape index (κ2) is 6.86.